The highest BCUT2D eigenvalue weighted by atomic mass is 16.3. The van der Waals surface area contributed by atoms with Crippen LogP contribution >= 0.6 is 0 Å². The zero-order valence-electron chi connectivity index (χ0n) is 28.0. The summed E-state index contributed by atoms with van der Waals surface area (Å²) in [6.45, 7) is 0. The van der Waals surface area contributed by atoms with Gasteiger partial charge in [0.15, 0.2) is 17.5 Å². The standard InChI is InChI=1S/C47H30N4O/c1-5-16-31(17-6-1)41-38-28-29-40-42(44(38)52-43(41)32-18-7-2-8-19-32)37-26-13-14-27-39(37)51(40)36-25-15-24-35(30-36)47-49-45(33-20-9-3-10-21-33)48-46(50-47)34-22-11-4-12-23-34/h1-30H. The van der Waals surface area contributed by atoms with Crippen LogP contribution in [0.25, 0.3) is 95.1 Å². The molecule has 0 saturated carbocycles. The first-order valence-corrected chi connectivity index (χ1v) is 17.4. The molecule has 0 unspecified atom stereocenters. The van der Waals surface area contributed by atoms with Crippen LogP contribution in [0.1, 0.15) is 0 Å². The van der Waals surface area contributed by atoms with Gasteiger partial charge >= 0.3 is 0 Å². The molecule has 52 heavy (non-hydrogen) atoms. The highest BCUT2D eigenvalue weighted by Gasteiger charge is 2.23. The first-order valence-electron chi connectivity index (χ1n) is 17.4. The van der Waals surface area contributed by atoms with Gasteiger partial charge in [-0.05, 0) is 35.9 Å². The van der Waals surface area contributed by atoms with Crippen LogP contribution in [0.4, 0.5) is 0 Å². The summed E-state index contributed by atoms with van der Waals surface area (Å²) in [7, 11) is 0. The Morgan fingerprint density at radius 2 is 0.904 bits per heavy atom. The Hall–Kier alpha value is -7.11. The molecule has 5 nitrogen and oxygen atoms in total. The van der Waals surface area contributed by atoms with Crippen molar-refractivity contribution in [1.29, 1.82) is 0 Å². The van der Waals surface area contributed by atoms with Crippen LogP contribution < -0.4 is 0 Å². The molecular weight excluding hydrogens is 637 g/mol. The highest BCUT2D eigenvalue weighted by Crippen LogP contribution is 2.46. The van der Waals surface area contributed by atoms with Crippen molar-refractivity contribution in [2.75, 3.05) is 0 Å². The summed E-state index contributed by atoms with van der Waals surface area (Å²) in [6.07, 6.45) is 0. The Bertz CT molecular complexity index is 2820. The van der Waals surface area contributed by atoms with Crippen LogP contribution in [-0.4, -0.2) is 19.5 Å². The van der Waals surface area contributed by atoms with Gasteiger partial charge < -0.3 is 8.98 Å². The Morgan fingerprint density at radius 3 is 1.54 bits per heavy atom. The van der Waals surface area contributed by atoms with Crippen molar-refractivity contribution >= 4 is 32.8 Å². The maximum atomic E-state index is 6.97. The number of hydrogen-bond donors (Lipinski definition) is 0. The smallest absolute Gasteiger partial charge is 0.164 e. The van der Waals surface area contributed by atoms with Crippen molar-refractivity contribution in [1.82, 2.24) is 19.5 Å². The molecule has 3 aromatic heterocycles. The molecule has 0 bridgehead atoms. The van der Waals surface area contributed by atoms with Crippen LogP contribution in [0, 0.1) is 0 Å². The summed E-state index contributed by atoms with van der Waals surface area (Å²) in [5.74, 6) is 2.75. The number of para-hydroxylation sites is 1. The largest absolute Gasteiger partial charge is 0.455 e. The molecule has 10 rings (SSSR count). The van der Waals surface area contributed by atoms with E-state index in [4.69, 9.17) is 19.4 Å². The Morgan fingerprint density at radius 1 is 0.385 bits per heavy atom. The zero-order valence-corrected chi connectivity index (χ0v) is 28.0. The van der Waals surface area contributed by atoms with E-state index >= 15 is 0 Å². The van der Waals surface area contributed by atoms with Crippen LogP contribution in [0.5, 0.6) is 0 Å². The highest BCUT2D eigenvalue weighted by molar-refractivity contribution is 6.22. The molecule has 0 spiro atoms. The van der Waals surface area contributed by atoms with Crippen molar-refractivity contribution in [3.05, 3.63) is 182 Å². The number of nitrogens with zero attached hydrogens (tertiary/aromatic N) is 4. The maximum Gasteiger partial charge on any atom is 0.164 e. The Labute approximate surface area is 300 Å². The molecule has 0 radical (unpaired) electrons. The summed E-state index contributed by atoms with van der Waals surface area (Å²) < 4.78 is 9.29. The monoisotopic (exact) mass is 666 g/mol. The first-order chi connectivity index (χ1) is 25.8. The average Bonchev–Trinajstić information content (AvgIpc) is 3.78. The molecule has 7 aromatic carbocycles. The van der Waals surface area contributed by atoms with Crippen molar-refractivity contribution in [2.45, 2.75) is 0 Å². The number of hydrogen-bond acceptors (Lipinski definition) is 4. The second-order valence-corrected chi connectivity index (χ2v) is 12.8. The van der Waals surface area contributed by atoms with E-state index in [2.05, 4.69) is 120 Å². The number of fused-ring (bicyclic) bond motifs is 5. The number of aromatic nitrogens is 4. The molecule has 244 valence electrons. The predicted molar refractivity (Wildman–Crippen MR) is 211 cm³/mol. The fourth-order valence-corrected chi connectivity index (χ4v) is 7.29. The number of rotatable bonds is 6. The molecule has 0 fully saturated rings. The molecule has 10 aromatic rings. The fourth-order valence-electron chi connectivity index (χ4n) is 7.29. The number of benzene rings is 7. The lowest BCUT2D eigenvalue weighted by Gasteiger charge is -2.11. The minimum Gasteiger partial charge on any atom is -0.455 e. The van der Waals surface area contributed by atoms with Crippen molar-refractivity contribution in [3.8, 4) is 62.3 Å². The van der Waals surface area contributed by atoms with Crippen molar-refractivity contribution in [3.63, 3.8) is 0 Å². The Balaban J connectivity index is 1.20. The second kappa shape index (κ2) is 12.3. The minimum absolute atomic E-state index is 0.615. The molecule has 0 amide bonds. The molecule has 0 saturated heterocycles. The van der Waals surface area contributed by atoms with Crippen LogP contribution in [-0.2, 0) is 0 Å². The lowest BCUT2D eigenvalue weighted by Crippen LogP contribution is -2.01. The molecule has 0 aliphatic carbocycles. The zero-order chi connectivity index (χ0) is 34.4. The van der Waals surface area contributed by atoms with Crippen LogP contribution in [0.2, 0.25) is 0 Å². The predicted octanol–water partition coefficient (Wildman–Crippen LogP) is 12.0. The third-order valence-corrected chi connectivity index (χ3v) is 9.65. The van der Waals surface area contributed by atoms with E-state index in [9.17, 15) is 0 Å². The van der Waals surface area contributed by atoms with E-state index in [1.807, 2.05) is 66.7 Å². The molecular formula is C47H30N4O. The van der Waals surface area contributed by atoms with Gasteiger partial charge in [-0.25, -0.2) is 15.0 Å². The Kier molecular flexibility index (Phi) is 7.07. The molecule has 5 heteroatoms. The second-order valence-electron chi connectivity index (χ2n) is 12.8. The summed E-state index contributed by atoms with van der Waals surface area (Å²) >= 11 is 0. The van der Waals surface area contributed by atoms with Crippen molar-refractivity contribution in [2.24, 2.45) is 0 Å². The summed E-state index contributed by atoms with van der Waals surface area (Å²) in [5.41, 5.74) is 10.1. The van der Waals surface area contributed by atoms with E-state index in [0.717, 1.165) is 77.6 Å². The summed E-state index contributed by atoms with van der Waals surface area (Å²) in [5, 5.41) is 3.29. The normalized spacial score (nSPS) is 11.5. The van der Waals surface area contributed by atoms with Gasteiger partial charge in [0, 0.05) is 44.3 Å². The van der Waals surface area contributed by atoms with Gasteiger partial charge in [-0.3, -0.25) is 0 Å². The maximum absolute atomic E-state index is 6.97. The lowest BCUT2D eigenvalue weighted by atomic mass is 9.98. The molecule has 0 N–H and O–H groups in total. The van der Waals surface area contributed by atoms with E-state index in [-0.39, 0.29) is 0 Å². The lowest BCUT2D eigenvalue weighted by molar-refractivity contribution is 0.636. The van der Waals surface area contributed by atoms with E-state index in [1.54, 1.807) is 0 Å². The van der Waals surface area contributed by atoms with Gasteiger partial charge in [-0.15, -0.1) is 0 Å². The topological polar surface area (TPSA) is 56.7 Å². The third kappa shape index (κ3) is 4.98. The third-order valence-electron chi connectivity index (χ3n) is 9.65. The van der Waals surface area contributed by atoms with Gasteiger partial charge in [-0.1, -0.05) is 152 Å². The molecule has 0 aliphatic heterocycles. The summed E-state index contributed by atoms with van der Waals surface area (Å²) in [6, 6.07) is 62.5. The van der Waals surface area contributed by atoms with Gasteiger partial charge in [-0.2, -0.15) is 0 Å². The van der Waals surface area contributed by atoms with Crippen LogP contribution in [0.15, 0.2) is 186 Å². The van der Waals surface area contributed by atoms with Gasteiger partial charge in [0.05, 0.1) is 16.4 Å². The molecule has 0 atom stereocenters. The van der Waals surface area contributed by atoms with Gasteiger partial charge in [0.1, 0.15) is 11.3 Å². The SMILES string of the molecule is c1ccc(-c2nc(-c3ccccc3)nc(-c3cccc(-n4c5ccccc5c5c6oc(-c7ccccc7)c(-c7ccccc7)c6ccc54)c3)n2)cc1. The van der Waals surface area contributed by atoms with E-state index in [0.29, 0.717) is 17.5 Å². The van der Waals surface area contributed by atoms with Gasteiger partial charge in [0.25, 0.3) is 0 Å². The van der Waals surface area contributed by atoms with E-state index < -0.39 is 0 Å². The first kappa shape index (κ1) is 29.8. The van der Waals surface area contributed by atoms with Crippen LogP contribution in [0.3, 0.4) is 0 Å². The summed E-state index contributed by atoms with van der Waals surface area (Å²) in [4.78, 5) is 14.9. The minimum atomic E-state index is 0.615. The number of furan rings is 1. The fraction of sp³-hybridized carbons (Fsp3) is 0. The van der Waals surface area contributed by atoms with Gasteiger partial charge in [0.2, 0.25) is 0 Å². The molecule has 0 aliphatic rings. The van der Waals surface area contributed by atoms with E-state index in [1.165, 1.54) is 0 Å². The average molecular weight is 667 g/mol. The quantitative estimate of drug-likeness (QED) is 0.177. The molecule has 3 heterocycles. The van der Waals surface area contributed by atoms with Crippen molar-refractivity contribution < 1.29 is 4.42 Å².